The predicted octanol–water partition coefficient (Wildman–Crippen LogP) is 4.73. The molecule has 1 spiro atoms. The SMILES string of the molecule is C=CCOC(=O)[C@@H]1[C@@H]2CCC3(S2)C(C(=O)N(CC=C)c2ccc4ccccc4c2)N(CCCCCCO)C(=O)[C@H]13. The molecule has 5 rings (SSSR count). The lowest BCUT2D eigenvalue weighted by molar-refractivity contribution is -0.153. The molecule has 7 nitrogen and oxygen atoms in total. The highest BCUT2D eigenvalue weighted by atomic mass is 32.2. The number of amides is 2. The van der Waals surface area contributed by atoms with Gasteiger partial charge in [-0.2, -0.15) is 0 Å². The number of aliphatic hydroxyl groups excluding tert-OH is 1. The highest BCUT2D eigenvalue weighted by molar-refractivity contribution is 8.02. The van der Waals surface area contributed by atoms with Crippen LogP contribution in [0.5, 0.6) is 0 Å². The number of unbranched alkanes of at least 4 members (excludes halogenated alkanes) is 3. The Balaban J connectivity index is 1.51. The predicted molar refractivity (Wildman–Crippen MR) is 159 cm³/mol. The summed E-state index contributed by atoms with van der Waals surface area (Å²) in [6, 6.07) is 13.3. The van der Waals surface area contributed by atoms with Gasteiger partial charge in [-0.05, 0) is 48.6 Å². The third-order valence-electron chi connectivity index (χ3n) is 8.58. The molecular weight excluding hydrogens is 524 g/mol. The van der Waals surface area contributed by atoms with Crippen LogP contribution in [0, 0.1) is 11.8 Å². The van der Waals surface area contributed by atoms with Gasteiger partial charge >= 0.3 is 5.97 Å². The number of hydrogen-bond donors (Lipinski definition) is 1. The Morgan fingerprint density at radius 1 is 1.10 bits per heavy atom. The molecule has 2 bridgehead atoms. The van der Waals surface area contributed by atoms with E-state index >= 15 is 0 Å². The number of carbonyl (C=O) groups excluding carboxylic acids is 3. The van der Waals surface area contributed by atoms with Crippen molar-refractivity contribution in [3.63, 3.8) is 0 Å². The summed E-state index contributed by atoms with van der Waals surface area (Å²) in [5, 5.41) is 11.2. The van der Waals surface area contributed by atoms with Gasteiger partial charge in [0.05, 0.1) is 16.6 Å². The minimum atomic E-state index is -0.679. The lowest BCUT2D eigenvalue weighted by Gasteiger charge is -2.37. The van der Waals surface area contributed by atoms with Crippen LogP contribution in [0.4, 0.5) is 5.69 Å². The molecule has 0 aromatic heterocycles. The van der Waals surface area contributed by atoms with E-state index < -0.39 is 22.6 Å². The van der Waals surface area contributed by atoms with Crippen LogP contribution in [0.3, 0.4) is 0 Å². The molecule has 3 heterocycles. The molecule has 1 N–H and O–H groups in total. The monoisotopic (exact) mass is 562 g/mol. The highest BCUT2D eigenvalue weighted by Gasteiger charge is 2.74. The van der Waals surface area contributed by atoms with Crippen LogP contribution >= 0.6 is 11.8 Å². The first kappa shape index (κ1) is 28.4. The molecular formula is C32H38N2O5S. The molecule has 2 amide bonds. The number of likely N-dealkylation sites (tertiary alicyclic amines) is 1. The summed E-state index contributed by atoms with van der Waals surface area (Å²) in [5.41, 5.74) is 0.762. The van der Waals surface area contributed by atoms with Crippen molar-refractivity contribution >= 4 is 46.0 Å². The fraction of sp³-hybridized carbons (Fsp3) is 0.469. The molecule has 5 atom stereocenters. The molecule has 2 aromatic rings. The highest BCUT2D eigenvalue weighted by Crippen LogP contribution is 2.66. The normalized spacial score (nSPS) is 26.6. The zero-order valence-electron chi connectivity index (χ0n) is 22.9. The standard InChI is InChI=1S/C32H38N2O5S/c1-3-17-33(24-14-13-22-11-7-8-12-23(22)21-24)30(37)28-32-16-15-25(40-32)26(31(38)39-20-4-2)27(32)29(36)34(28)18-9-5-6-10-19-35/h3-4,7-8,11-14,21,25-28,35H,1-2,5-6,9-10,15-20H2/t25-,26+,27-,28?,32?/m0/s1. The quantitative estimate of drug-likeness (QED) is 0.216. The Morgan fingerprint density at radius 3 is 2.62 bits per heavy atom. The molecule has 40 heavy (non-hydrogen) atoms. The summed E-state index contributed by atoms with van der Waals surface area (Å²) in [7, 11) is 0. The molecule has 0 radical (unpaired) electrons. The maximum atomic E-state index is 14.6. The summed E-state index contributed by atoms with van der Waals surface area (Å²) in [6.07, 6.45) is 7.89. The number of hydrogen-bond acceptors (Lipinski definition) is 6. The van der Waals surface area contributed by atoms with E-state index in [2.05, 4.69) is 13.2 Å². The Bertz CT molecular complexity index is 1300. The molecule has 2 unspecified atom stereocenters. The molecule has 3 saturated heterocycles. The van der Waals surface area contributed by atoms with Crippen LogP contribution in [0.15, 0.2) is 67.8 Å². The molecule has 212 valence electrons. The van der Waals surface area contributed by atoms with Crippen molar-refractivity contribution in [3.05, 3.63) is 67.8 Å². The molecule has 3 aliphatic heterocycles. The summed E-state index contributed by atoms with van der Waals surface area (Å²) in [5.74, 6) is -1.76. The van der Waals surface area contributed by atoms with Crippen molar-refractivity contribution in [2.75, 3.05) is 31.2 Å². The summed E-state index contributed by atoms with van der Waals surface area (Å²) in [6.45, 7) is 8.56. The number of thioether (sulfide) groups is 1. The smallest absolute Gasteiger partial charge is 0.311 e. The second kappa shape index (κ2) is 12.2. The van der Waals surface area contributed by atoms with Gasteiger partial charge in [0.2, 0.25) is 5.91 Å². The average Bonchev–Trinajstić information content (AvgIpc) is 3.61. The Hall–Kier alpha value is -3.10. The van der Waals surface area contributed by atoms with Gasteiger partial charge < -0.3 is 19.6 Å². The van der Waals surface area contributed by atoms with Gasteiger partial charge in [0.25, 0.3) is 5.91 Å². The first-order valence-electron chi connectivity index (χ1n) is 14.2. The number of aliphatic hydroxyl groups is 1. The van der Waals surface area contributed by atoms with E-state index in [-0.39, 0.29) is 36.2 Å². The maximum Gasteiger partial charge on any atom is 0.311 e. The Morgan fingerprint density at radius 2 is 1.88 bits per heavy atom. The van der Waals surface area contributed by atoms with Crippen LogP contribution in [0.1, 0.15) is 38.5 Å². The number of rotatable bonds is 13. The van der Waals surface area contributed by atoms with Crippen molar-refractivity contribution in [2.45, 2.75) is 54.6 Å². The van der Waals surface area contributed by atoms with Gasteiger partial charge in [0, 0.05) is 30.6 Å². The lowest BCUT2D eigenvalue weighted by atomic mass is 9.71. The van der Waals surface area contributed by atoms with Crippen molar-refractivity contribution in [1.29, 1.82) is 0 Å². The zero-order chi connectivity index (χ0) is 28.3. The van der Waals surface area contributed by atoms with Gasteiger partial charge in [-0.3, -0.25) is 14.4 Å². The van der Waals surface area contributed by atoms with Crippen LogP contribution in [-0.4, -0.2) is 70.1 Å². The van der Waals surface area contributed by atoms with Gasteiger partial charge in [-0.25, -0.2) is 0 Å². The average molecular weight is 563 g/mol. The number of benzene rings is 2. The third-order valence-corrected chi connectivity index (χ3v) is 10.5. The fourth-order valence-corrected chi connectivity index (χ4v) is 9.07. The van der Waals surface area contributed by atoms with Crippen LogP contribution < -0.4 is 4.90 Å². The molecule has 2 aromatic carbocycles. The van der Waals surface area contributed by atoms with Gasteiger partial charge in [-0.15, -0.1) is 18.3 Å². The minimum Gasteiger partial charge on any atom is -0.461 e. The Labute approximate surface area is 240 Å². The van der Waals surface area contributed by atoms with Crippen molar-refractivity contribution in [2.24, 2.45) is 11.8 Å². The fourth-order valence-electron chi connectivity index (χ4n) is 6.87. The first-order valence-corrected chi connectivity index (χ1v) is 15.1. The van der Waals surface area contributed by atoms with Crippen LogP contribution in [-0.2, 0) is 19.1 Å². The summed E-state index contributed by atoms with van der Waals surface area (Å²) in [4.78, 5) is 45.5. The van der Waals surface area contributed by atoms with Gasteiger partial charge in [-0.1, -0.05) is 61.9 Å². The van der Waals surface area contributed by atoms with E-state index in [0.717, 1.165) is 42.1 Å². The number of anilines is 1. The van der Waals surface area contributed by atoms with E-state index in [0.29, 0.717) is 25.9 Å². The van der Waals surface area contributed by atoms with Crippen LogP contribution in [0.2, 0.25) is 0 Å². The van der Waals surface area contributed by atoms with E-state index in [1.54, 1.807) is 27.6 Å². The molecule has 0 aliphatic carbocycles. The lowest BCUT2D eigenvalue weighted by Crippen LogP contribution is -2.55. The summed E-state index contributed by atoms with van der Waals surface area (Å²) < 4.78 is 4.79. The van der Waals surface area contributed by atoms with E-state index in [9.17, 15) is 14.4 Å². The Kier molecular flexibility index (Phi) is 8.66. The maximum absolute atomic E-state index is 14.6. The van der Waals surface area contributed by atoms with E-state index in [1.807, 2.05) is 42.5 Å². The van der Waals surface area contributed by atoms with Crippen molar-refractivity contribution in [1.82, 2.24) is 4.90 Å². The first-order chi connectivity index (χ1) is 19.5. The molecule has 0 saturated carbocycles. The topological polar surface area (TPSA) is 87.2 Å². The van der Waals surface area contributed by atoms with Crippen molar-refractivity contribution < 1.29 is 24.2 Å². The molecule has 3 aliphatic rings. The van der Waals surface area contributed by atoms with Crippen molar-refractivity contribution in [3.8, 4) is 0 Å². The molecule has 3 fully saturated rings. The second-order valence-corrected chi connectivity index (χ2v) is 12.5. The number of nitrogens with zero attached hydrogens (tertiary/aromatic N) is 2. The number of ether oxygens (including phenoxy) is 1. The third kappa shape index (κ3) is 4.96. The number of carbonyl (C=O) groups is 3. The van der Waals surface area contributed by atoms with Gasteiger partial charge in [0.1, 0.15) is 12.6 Å². The van der Waals surface area contributed by atoms with E-state index in [1.165, 1.54) is 6.08 Å². The largest absolute Gasteiger partial charge is 0.461 e. The minimum absolute atomic E-state index is 0.0400. The summed E-state index contributed by atoms with van der Waals surface area (Å²) >= 11 is 1.65. The molecule has 8 heteroatoms. The number of fused-ring (bicyclic) bond motifs is 2. The number of esters is 1. The zero-order valence-corrected chi connectivity index (χ0v) is 23.7. The van der Waals surface area contributed by atoms with Crippen LogP contribution in [0.25, 0.3) is 10.8 Å². The second-order valence-electron chi connectivity index (χ2n) is 10.9. The van der Waals surface area contributed by atoms with E-state index in [4.69, 9.17) is 9.84 Å². The van der Waals surface area contributed by atoms with Gasteiger partial charge in [0.15, 0.2) is 0 Å².